The average Bonchev–Trinajstić information content (AvgIpc) is 2.80. The van der Waals surface area contributed by atoms with Gasteiger partial charge in [-0.15, -0.1) is 11.3 Å². The van der Waals surface area contributed by atoms with Crippen LogP contribution < -0.4 is 16.8 Å². The topological polar surface area (TPSA) is 98.2 Å². The molecular weight excluding hydrogens is 330 g/mol. The molecule has 0 aliphatic rings. The van der Waals surface area contributed by atoms with Gasteiger partial charge in [0.1, 0.15) is 5.00 Å². The Bertz CT molecular complexity index is 654. The molecule has 0 aliphatic carbocycles. The summed E-state index contributed by atoms with van der Waals surface area (Å²) in [6.45, 7) is 0. The van der Waals surface area contributed by atoms with E-state index in [0.717, 1.165) is 4.47 Å². The van der Waals surface area contributed by atoms with Gasteiger partial charge in [0.2, 0.25) is 0 Å². The van der Waals surface area contributed by atoms with Gasteiger partial charge in [-0.3, -0.25) is 9.59 Å². The number of rotatable bonds is 3. The highest BCUT2D eigenvalue weighted by Gasteiger charge is 2.14. The molecule has 0 spiro atoms. The van der Waals surface area contributed by atoms with Crippen molar-refractivity contribution in [1.82, 2.24) is 0 Å². The van der Waals surface area contributed by atoms with Crippen LogP contribution in [0.3, 0.4) is 0 Å². The lowest BCUT2D eigenvalue weighted by atomic mass is 10.2. The standard InChI is InChI=1S/C12H10BrN3O2S/c13-8-2-1-6(5-9(8)14)11(18)16-12-7(10(15)17)3-4-19-12/h1-5H,14H2,(H2,15,17)(H,16,18). The van der Waals surface area contributed by atoms with Crippen molar-refractivity contribution in [2.45, 2.75) is 0 Å². The molecule has 2 amide bonds. The summed E-state index contributed by atoms with van der Waals surface area (Å²) in [6.07, 6.45) is 0. The summed E-state index contributed by atoms with van der Waals surface area (Å²) in [5.41, 5.74) is 12.1. The van der Waals surface area contributed by atoms with E-state index in [1.807, 2.05) is 0 Å². The maximum Gasteiger partial charge on any atom is 0.256 e. The monoisotopic (exact) mass is 339 g/mol. The molecule has 0 fully saturated rings. The predicted octanol–water partition coefficient (Wildman–Crippen LogP) is 2.44. The number of carbonyl (C=O) groups is 2. The van der Waals surface area contributed by atoms with Crippen molar-refractivity contribution in [2.24, 2.45) is 5.73 Å². The van der Waals surface area contributed by atoms with Crippen molar-refractivity contribution in [3.63, 3.8) is 0 Å². The Hall–Kier alpha value is -1.86. The normalized spacial score (nSPS) is 10.2. The fraction of sp³-hybridized carbons (Fsp3) is 0. The fourth-order valence-electron chi connectivity index (χ4n) is 1.46. The molecular formula is C12H10BrN3O2S. The molecule has 0 saturated heterocycles. The number of amides is 2. The highest BCUT2D eigenvalue weighted by atomic mass is 79.9. The van der Waals surface area contributed by atoms with Crippen LogP contribution >= 0.6 is 27.3 Å². The van der Waals surface area contributed by atoms with Gasteiger partial charge in [-0.1, -0.05) is 0 Å². The number of hydrogen-bond acceptors (Lipinski definition) is 4. The van der Waals surface area contributed by atoms with Gasteiger partial charge in [0.15, 0.2) is 0 Å². The zero-order chi connectivity index (χ0) is 14.0. The number of benzene rings is 1. The van der Waals surface area contributed by atoms with Gasteiger partial charge < -0.3 is 16.8 Å². The molecule has 0 bridgehead atoms. The molecule has 5 nitrogen and oxygen atoms in total. The van der Waals surface area contributed by atoms with Crippen LogP contribution in [0.2, 0.25) is 0 Å². The minimum absolute atomic E-state index is 0.295. The average molecular weight is 340 g/mol. The van der Waals surface area contributed by atoms with E-state index in [2.05, 4.69) is 21.2 Å². The van der Waals surface area contributed by atoms with E-state index >= 15 is 0 Å². The minimum Gasteiger partial charge on any atom is -0.398 e. The molecule has 19 heavy (non-hydrogen) atoms. The smallest absolute Gasteiger partial charge is 0.256 e. The van der Waals surface area contributed by atoms with E-state index in [4.69, 9.17) is 11.5 Å². The van der Waals surface area contributed by atoms with E-state index in [1.165, 1.54) is 11.3 Å². The van der Waals surface area contributed by atoms with Crippen LogP contribution in [0.5, 0.6) is 0 Å². The van der Waals surface area contributed by atoms with Gasteiger partial charge in [-0.2, -0.15) is 0 Å². The van der Waals surface area contributed by atoms with Gasteiger partial charge in [-0.05, 0) is 45.6 Å². The molecule has 2 rings (SSSR count). The zero-order valence-electron chi connectivity index (χ0n) is 9.64. The minimum atomic E-state index is -0.577. The number of carbonyl (C=O) groups excluding carboxylic acids is 2. The maximum atomic E-state index is 12.0. The Morgan fingerprint density at radius 2 is 2.00 bits per heavy atom. The number of primary amides is 1. The highest BCUT2D eigenvalue weighted by molar-refractivity contribution is 9.10. The molecule has 0 unspecified atom stereocenters. The Labute approximate surface area is 121 Å². The SMILES string of the molecule is NC(=O)c1ccsc1NC(=O)c1ccc(Br)c(N)c1. The molecule has 98 valence electrons. The molecule has 1 aromatic carbocycles. The first-order valence-electron chi connectivity index (χ1n) is 5.22. The molecule has 1 aromatic heterocycles. The number of nitrogens with two attached hydrogens (primary N) is 2. The van der Waals surface area contributed by atoms with Gasteiger partial charge in [-0.25, -0.2) is 0 Å². The first-order chi connectivity index (χ1) is 8.99. The molecule has 0 saturated carbocycles. The van der Waals surface area contributed by atoms with Crippen LogP contribution in [0.25, 0.3) is 0 Å². The quantitative estimate of drug-likeness (QED) is 0.749. The summed E-state index contributed by atoms with van der Waals surface area (Å²) >= 11 is 4.49. The van der Waals surface area contributed by atoms with Crippen LogP contribution in [-0.2, 0) is 0 Å². The summed E-state index contributed by atoms with van der Waals surface area (Å²) in [5.74, 6) is -0.920. The summed E-state index contributed by atoms with van der Waals surface area (Å²) in [6, 6.07) is 6.44. The van der Waals surface area contributed by atoms with E-state index in [9.17, 15) is 9.59 Å². The van der Waals surface area contributed by atoms with Crippen LogP contribution in [0.15, 0.2) is 34.1 Å². The van der Waals surface area contributed by atoms with Gasteiger partial charge in [0.05, 0.1) is 5.56 Å². The van der Waals surface area contributed by atoms with E-state index in [-0.39, 0.29) is 5.91 Å². The van der Waals surface area contributed by atoms with Crippen LogP contribution in [0.4, 0.5) is 10.7 Å². The Kier molecular flexibility index (Phi) is 3.87. The number of thiophene rings is 1. The second kappa shape index (κ2) is 5.41. The molecule has 1 heterocycles. The lowest BCUT2D eigenvalue weighted by molar-refractivity contribution is 0.100. The van der Waals surface area contributed by atoms with Gasteiger partial charge >= 0.3 is 0 Å². The third-order valence-electron chi connectivity index (χ3n) is 2.42. The number of nitrogen functional groups attached to an aromatic ring is 1. The summed E-state index contributed by atoms with van der Waals surface area (Å²) < 4.78 is 0.720. The third kappa shape index (κ3) is 2.94. The molecule has 0 radical (unpaired) electrons. The van der Waals surface area contributed by atoms with Gasteiger partial charge in [0, 0.05) is 15.7 Å². The van der Waals surface area contributed by atoms with E-state index in [0.29, 0.717) is 21.8 Å². The molecule has 2 aromatic rings. The van der Waals surface area contributed by atoms with Crippen molar-refractivity contribution in [3.05, 3.63) is 45.2 Å². The second-order valence-corrected chi connectivity index (χ2v) is 5.49. The largest absolute Gasteiger partial charge is 0.398 e. The van der Waals surface area contributed by atoms with Gasteiger partial charge in [0.25, 0.3) is 11.8 Å². The molecule has 0 aliphatic heterocycles. The van der Waals surface area contributed by atoms with Crippen LogP contribution in [0, 0.1) is 0 Å². The summed E-state index contributed by atoms with van der Waals surface area (Å²) in [5, 5.41) is 4.76. The maximum absolute atomic E-state index is 12.0. The first-order valence-corrected chi connectivity index (χ1v) is 6.90. The number of nitrogens with one attached hydrogen (secondary N) is 1. The van der Waals surface area contributed by atoms with E-state index in [1.54, 1.807) is 29.6 Å². The van der Waals surface area contributed by atoms with Crippen molar-refractivity contribution < 1.29 is 9.59 Å². The Morgan fingerprint density at radius 1 is 1.26 bits per heavy atom. The number of hydrogen-bond donors (Lipinski definition) is 3. The number of halogens is 1. The van der Waals surface area contributed by atoms with Crippen LogP contribution in [0.1, 0.15) is 20.7 Å². The molecule has 5 N–H and O–H groups in total. The zero-order valence-corrected chi connectivity index (χ0v) is 12.0. The Balaban J connectivity index is 2.23. The predicted molar refractivity (Wildman–Crippen MR) is 79.3 cm³/mol. The summed E-state index contributed by atoms with van der Waals surface area (Å²) in [7, 11) is 0. The second-order valence-electron chi connectivity index (χ2n) is 3.72. The van der Waals surface area contributed by atoms with Crippen molar-refractivity contribution >= 4 is 49.8 Å². The summed E-state index contributed by atoms with van der Waals surface area (Å²) in [4.78, 5) is 23.2. The lowest BCUT2D eigenvalue weighted by Gasteiger charge is -2.06. The van der Waals surface area contributed by atoms with Crippen LogP contribution in [-0.4, -0.2) is 11.8 Å². The fourth-order valence-corrected chi connectivity index (χ4v) is 2.49. The number of anilines is 2. The molecule has 0 atom stereocenters. The first kappa shape index (κ1) is 13.6. The third-order valence-corrected chi connectivity index (χ3v) is 3.97. The van der Waals surface area contributed by atoms with Crippen molar-refractivity contribution in [1.29, 1.82) is 0 Å². The van der Waals surface area contributed by atoms with Crippen molar-refractivity contribution in [2.75, 3.05) is 11.1 Å². The van der Waals surface area contributed by atoms with Crippen molar-refractivity contribution in [3.8, 4) is 0 Å². The molecule has 7 heteroatoms. The highest BCUT2D eigenvalue weighted by Crippen LogP contribution is 2.25. The van der Waals surface area contributed by atoms with E-state index < -0.39 is 5.91 Å². The lowest BCUT2D eigenvalue weighted by Crippen LogP contribution is -2.16. The Morgan fingerprint density at radius 3 is 2.63 bits per heavy atom.